The molecule has 1 rings (SSSR count). The first-order valence-corrected chi connectivity index (χ1v) is 7.53. The second kappa shape index (κ2) is 10.8. The van der Waals surface area contributed by atoms with E-state index in [1.54, 1.807) is 7.11 Å². The SMILES string of the molecule is COCCNCC(COCc1ccccc1)CC(C)C. The molecule has 0 heterocycles. The smallest absolute Gasteiger partial charge is 0.0717 e. The molecule has 0 aromatic heterocycles. The van der Waals surface area contributed by atoms with E-state index in [0.717, 1.165) is 26.3 Å². The molecule has 1 atom stereocenters. The Labute approximate surface area is 123 Å². The third-order valence-electron chi connectivity index (χ3n) is 3.19. The number of hydrogen-bond donors (Lipinski definition) is 1. The fourth-order valence-corrected chi connectivity index (χ4v) is 2.28. The molecule has 114 valence electrons. The molecule has 3 heteroatoms. The van der Waals surface area contributed by atoms with E-state index in [1.165, 1.54) is 12.0 Å². The van der Waals surface area contributed by atoms with Crippen LogP contribution in [-0.2, 0) is 16.1 Å². The summed E-state index contributed by atoms with van der Waals surface area (Å²) in [6, 6.07) is 10.3. The van der Waals surface area contributed by atoms with Crippen molar-refractivity contribution < 1.29 is 9.47 Å². The van der Waals surface area contributed by atoms with Crippen LogP contribution in [0.4, 0.5) is 0 Å². The Morgan fingerprint density at radius 1 is 1.15 bits per heavy atom. The zero-order valence-electron chi connectivity index (χ0n) is 13.1. The van der Waals surface area contributed by atoms with Crippen LogP contribution in [0.2, 0.25) is 0 Å². The van der Waals surface area contributed by atoms with Gasteiger partial charge in [0.25, 0.3) is 0 Å². The summed E-state index contributed by atoms with van der Waals surface area (Å²) in [5.74, 6) is 1.26. The van der Waals surface area contributed by atoms with Gasteiger partial charge in [0, 0.05) is 20.2 Å². The van der Waals surface area contributed by atoms with Crippen molar-refractivity contribution in [2.75, 3.05) is 33.4 Å². The van der Waals surface area contributed by atoms with Crippen molar-refractivity contribution >= 4 is 0 Å². The Morgan fingerprint density at radius 3 is 2.55 bits per heavy atom. The number of hydrogen-bond acceptors (Lipinski definition) is 3. The molecule has 1 aromatic carbocycles. The maximum atomic E-state index is 5.87. The van der Waals surface area contributed by atoms with Gasteiger partial charge in [-0.05, 0) is 23.8 Å². The van der Waals surface area contributed by atoms with Crippen LogP contribution in [0.15, 0.2) is 30.3 Å². The summed E-state index contributed by atoms with van der Waals surface area (Å²) in [4.78, 5) is 0. The second-order valence-electron chi connectivity index (χ2n) is 5.69. The molecular formula is C17H29NO2. The quantitative estimate of drug-likeness (QED) is 0.631. The van der Waals surface area contributed by atoms with Crippen LogP contribution in [0.1, 0.15) is 25.8 Å². The highest BCUT2D eigenvalue weighted by Crippen LogP contribution is 2.12. The van der Waals surface area contributed by atoms with Crippen LogP contribution in [-0.4, -0.2) is 33.4 Å². The lowest BCUT2D eigenvalue weighted by atomic mass is 9.98. The Hall–Kier alpha value is -0.900. The van der Waals surface area contributed by atoms with Crippen molar-refractivity contribution in [2.24, 2.45) is 11.8 Å². The Balaban J connectivity index is 2.25. The Bertz CT molecular complexity index is 327. The second-order valence-corrected chi connectivity index (χ2v) is 5.69. The third kappa shape index (κ3) is 8.31. The van der Waals surface area contributed by atoms with Crippen LogP contribution in [0.3, 0.4) is 0 Å². The fraction of sp³-hybridized carbons (Fsp3) is 0.647. The summed E-state index contributed by atoms with van der Waals surface area (Å²) in [7, 11) is 1.73. The first kappa shape index (κ1) is 17.2. The molecule has 0 aliphatic rings. The van der Waals surface area contributed by atoms with Gasteiger partial charge in [0.1, 0.15) is 0 Å². The highest BCUT2D eigenvalue weighted by atomic mass is 16.5. The van der Waals surface area contributed by atoms with Gasteiger partial charge in [-0.3, -0.25) is 0 Å². The molecule has 0 saturated carbocycles. The Kier molecular flexibility index (Phi) is 9.29. The van der Waals surface area contributed by atoms with Crippen molar-refractivity contribution in [3.8, 4) is 0 Å². The minimum absolute atomic E-state index is 0.565. The summed E-state index contributed by atoms with van der Waals surface area (Å²) in [6.45, 7) is 8.71. The van der Waals surface area contributed by atoms with Gasteiger partial charge in [0.15, 0.2) is 0 Å². The molecule has 20 heavy (non-hydrogen) atoms. The molecular weight excluding hydrogens is 250 g/mol. The lowest BCUT2D eigenvalue weighted by Gasteiger charge is -2.19. The fourth-order valence-electron chi connectivity index (χ4n) is 2.28. The average molecular weight is 279 g/mol. The highest BCUT2D eigenvalue weighted by molar-refractivity contribution is 5.13. The summed E-state index contributed by atoms with van der Waals surface area (Å²) in [6.07, 6.45) is 1.19. The maximum Gasteiger partial charge on any atom is 0.0717 e. The predicted octanol–water partition coefficient (Wildman–Crippen LogP) is 3.10. The average Bonchev–Trinajstić information content (AvgIpc) is 2.44. The van der Waals surface area contributed by atoms with Gasteiger partial charge in [-0.25, -0.2) is 0 Å². The molecule has 1 aromatic rings. The number of benzene rings is 1. The van der Waals surface area contributed by atoms with Crippen LogP contribution in [0, 0.1) is 11.8 Å². The van der Waals surface area contributed by atoms with E-state index in [-0.39, 0.29) is 0 Å². The molecule has 1 N–H and O–H groups in total. The lowest BCUT2D eigenvalue weighted by Crippen LogP contribution is -2.29. The van der Waals surface area contributed by atoms with Gasteiger partial charge in [0.2, 0.25) is 0 Å². The van der Waals surface area contributed by atoms with E-state index in [1.807, 2.05) is 6.07 Å². The van der Waals surface area contributed by atoms with Crippen molar-refractivity contribution in [2.45, 2.75) is 26.9 Å². The zero-order chi connectivity index (χ0) is 14.6. The predicted molar refractivity (Wildman–Crippen MR) is 83.8 cm³/mol. The van der Waals surface area contributed by atoms with Gasteiger partial charge in [-0.15, -0.1) is 0 Å². The molecule has 0 aliphatic heterocycles. The highest BCUT2D eigenvalue weighted by Gasteiger charge is 2.11. The number of methoxy groups -OCH3 is 1. The van der Waals surface area contributed by atoms with Crippen molar-refractivity contribution in [1.82, 2.24) is 5.32 Å². The molecule has 0 saturated heterocycles. The van der Waals surface area contributed by atoms with Crippen LogP contribution in [0.25, 0.3) is 0 Å². The molecule has 0 fully saturated rings. The summed E-state index contributed by atoms with van der Waals surface area (Å²) in [5, 5.41) is 3.44. The van der Waals surface area contributed by atoms with E-state index < -0.39 is 0 Å². The molecule has 3 nitrogen and oxygen atoms in total. The normalized spacial score (nSPS) is 12.8. The van der Waals surface area contributed by atoms with E-state index in [0.29, 0.717) is 18.4 Å². The van der Waals surface area contributed by atoms with Crippen molar-refractivity contribution in [1.29, 1.82) is 0 Å². The van der Waals surface area contributed by atoms with Crippen LogP contribution >= 0.6 is 0 Å². The van der Waals surface area contributed by atoms with E-state index in [4.69, 9.17) is 9.47 Å². The minimum Gasteiger partial charge on any atom is -0.383 e. The largest absolute Gasteiger partial charge is 0.383 e. The summed E-state index contributed by atoms with van der Waals surface area (Å²) in [5.41, 5.74) is 1.24. The van der Waals surface area contributed by atoms with Gasteiger partial charge < -0.3 is 14.8 Å². The molecule has 0 radical (unpaired) electrons. The van der Waals surface area contributed by atoms with E-state index in [9.17, 15) is 0 Å². The lowest BCUT2D eigenvalue weighted by molar-refractivity contribution is 0.0786. The monoisotopic (exact) mass is 279 g/mol. The third-order valence-corrected chi connectivity index (χ3v) is 3.19. The number of rotatable bonds is 11. The summed E-state index contributed by atoms with van der Waals surface area (Å²) >= 11 is 0. The van der Waals surface area contributed by atoms with Gasteiger partial charge in [-0.1, -0.05) is 44.2 Å². The van der Waals surface area contributed by atoms with Crippen molar-refractivity contribution in [3.05, 3.63) is 35.9 Å². The maximum absolute atomic E-state index is 5.87. The number of nitrogens with one attached hydrogen (secondary N) is 1. The minimum atomic E-state index is 0.565. The Morgan fingerprint density at radius 2 is 1.90 bits per heavy atom. The van der Waals surface area contributed by atoms with Crippen LogP contribution < -0.4 is 5.32 Å². The van der Waals surface area contributed by atoms with Gasteiger partial charge in [0.05, 0.1) is 19.8 Å². The molecule has 1 unspecified atom stereocenters. The van der Waals surface area contributed by atoms with Gasteiger partial charge in [-0.2, -0.15) is 0 Å². The first-order chi connectivity index (χ1) is 9.72. The van der Waals surface area contributed by atoms with Gasteiger partial charge >= 0.3 is 0 Å². The van der Waals surface area contributed by atoms with Crippen LogP contribution in [0.5, 0.6) is 0 Å². The van der Waals surface area contributed by atoms with E-state index in [2.05, 4.69) is 43.4 Å². The number of ether oxygens (including phenoxy) is 2. The summed E-state index contributed by atoms with van der Waals surface area (Å²) < 4.78 is 10.9. The molecule has 0 aliphatic carbocycles. The zero-order valence-corrected chi connectivity index (χ0v) is 13.1. The van der Waals surface area contributed by atoms with Crippen molar-refractivity contribution in [3.63, 3.8) is 0 Å². The standard InChI is InChI=1S/C17H29NO2/c1-15(2)11-17(12-18-9-10-19-3)14-20-13-16-7-5-4-6-8-16/h4-8,15,17-18H,9-14H2,1-3H3. The molecule has 0 amide bonds. The molecule has 0 bridgehead atoms. The molecule has 0 spiro atoms. The first-order valence-electron chi connectivity index (χ1n) is 7.53. The topological polar surface area (TPSA) is 30.5 Å². The van der Waals surface area contributed by atoms with E-state index >= 15 is 0 Å².